The lowest BCUT2D eigenvalue weighted by Gasteiger charge is -2.35. The van der Waals surface area contributed by atoms with E-state index in [1.54, 1.807) is 11.6 Å². The number of ether oxygens (including phenoxy) is 1. The number of benzene rings is 2. The Morgan fingerprint density at radius 3 is 2.50 bits per heavy atom. The summed E-state index contributed by atoms with van der Waals surface area (Å²) in [6, 6.07) is 18.4. The van der Waals surface area contributed by atoms with Crippen LogP contribution in [0.4, 0.5) is 0 Å². The van der Waals surface area contributed by atoms with Crippen molar-refractivity contribution in [1.82, 2.24) is 20.0 Å². The van der Waals surface area contributed by atoms with Gasteiger partial charge in [0.25, 0.3) is 5.91 Å². The van der Waals surface area contributed by atoms with E-state index in [4.69, 9.17) is 16.3 Å². The minimum atomic E-state index is -0.494. The average Bonchev–Trinajstić information content (AvgIpc) is 2.81. The molecule has 2 aromatic carbocycles. The SMILES string of the molecule is Cc1cc(=O)c(C(=O)NCC(c2ccc(Cl)cc2)N2CCOCC2)nn1-c1ccccc1. The van der Waals surface area contributed by atoms with Crippen LogP contribution in [-0.2, 0) is 4.74 Å². The van der Waals surface area contributed by atoms with Crippen molar-refractivity contribution in [3.63, 3.8) is 0 Å². The molecule has 1 amide bonds. The Bertz CT molecular complexity index is 1130. The van der Waals surface area contributed by atoms with Crippen molar-refractivity contribution in [2.45, 2.75) is 13.0 Å². The molecule has 0 spiro atoms. The van der Waals surface area contributed by atoms with Gasteiger partial charge in [-0.05, 0) is 36.8 Å². The first kappa shape index (κ1) is 22.2. The van der Waals surface area contributed by atoms with Gasteiger partial charge in [-0.25, -0.2) is 4.68 Å². The van der Waals surface area contributed by atoms with Gasteiger partial charge in [-0.1, -0.05) is 41.9 Å². The molecule has 8 heteroatoms. The second kappa shape index (κ2) is 10.1. The van der Waals surface area contributed by atoms with E-state index in [1.165, 1.54) is 6.07 Å². The van der Waals surface area contributed by atoms with Gasteiger partial charge in [0, 0.05) is 36.4 Å². The third-order valence-electron chi connectivity index (χ3n) is 5.52. The average molecular weight is 453 g/mol. The molecule has 3 aromatic rings. The largest absolute Gasteiger partial charge is 0.379 e. The van der Waals surface area contributed by atoms with Gasteiger partial charge in [-0.2, -0.15) is 5.10 Å². The Balaban J connectivity index is 1.56. The van der Waals surface area contributed by atoms with E-state index in [-0.39, 0.29) is 11.7 Å². The number of amides is 1. The Hall–Kier alpha value is -3.00. The zero-order valence-corrected chi connectivity index (χ0v) is 18.6. The number of rotatable bonds is 6. The lowest BCUT2D eigenvalue weighted by atomic mass is 10.0. The van der Waals surface area contributed by atoms with E-state index in [0.29, 0.717) is 30.5 Å². The smallest absolute Gasteiger partial charge is 0.275 e. The Labute approximate surface area is 191 Å². The Morgan fingerprint density at radius 1 is 1.12 bits per heavy atom. The van der Waals surface area contributed by atoms with E-state index in [1.807, 2.05) is 54.6 Å². The third-order valence-corrected chi connectivity index (χ3v) is 5.77. The maximum absolute atomic E-state index is 13.0. The molecule has 1 saturated heterocycles. The number of nitrogens with zero attached hydrogens (tertiary/aromatic N) is 3. The molecule has 0 bridgehead atoms. The fraction of sp³-hybridized carbons (Fsp3) is 0.292. The highest BCUT2D eigenvalue weighted by Crippen LogP contribution is 2.23. The maximum atomic E-state index is 13.0. The van der Waals surface area contributed by atoms with Crippen molar-refractivity contribution in [2.75, 3.05) is 32.8 Å². The van der Waals surface area contributed by atoms with Gasteiger partial charge in [0.15, 0.2) is 5.69 Å². The summed E-state index contributed by atoms with van der Waals surface area (Å²) in [7, 11) is 0. The van der Waals surface area contributed by atoms with E-state index in [2.05, 4.69) is 15.3 Å². The van der Waals surface area contributed by atoms with Crippen LogP contribution in [0.3, 0.4) is 0 Å². The number of para-hydroxylation sites is 1. The zero-order chi connectivity index (χ0) is 22.5. The molecule has 0 radical (unpaired) electrons. The number of nitrogens with one attached hydrogen (secondary N) is 1. The monoisotopic (exact) mass is 452 g/mol. The molecule has 1 atom stereocenters. The lowest BCUT2D eigenvalue weighted by molar-refractivity contribution is 0.0162. The summed E-state index contributed by atoms with van der Waals surface area (Å²) < 4.78 is 7.08. The van der Waals surface area contributed by atoms with Gasteiger partial charge in [0.2, 0.25) is 5.43 Å². The number of morpholine rings is 1. The number of hydrogen-bond acceptors (Lipinski definition) is 5. The molecule has 32 heavy (non-hydrogen) atoms. The fourth-order valence-electron chi connectivity index (χ4n) is 3.84. The molecular weight excluding hydrogens is 428 g/mol. The highest BCUT2D eigenvalue weighted by atomic mass is 35.5. The number of carbonyl (C=O) groups excluding carboxylic acids is 1. The first-order valence-corrected chi connectivity index (χ1v) is 10.9. The van der Waals surface area contributed by atoms with Crippen molar-refractivity contribution in [3.05, 3.63) is 92.9 Å². The fourth-order valence-corrected chi connectivity index (χ4v) is 3.97. The molecule has 0 saturated carbocycles. The second-order valence-electron chi connectivity index (χ2n) is 7.67. The van der Waals surface area contributed by atoms with Crippen LogP contribution in [0.5, 0.6) is 0 Å². The van der Waals surface area contributed by atoms with Crippen molar-refractivity contribution in [3.8, 4) is 5.69 Å². The zero-order valence-electron chi connectivity index (χ0n) is 17.8. The molecule has 4 rings (SSSR count). The van der Waals surface area contributed by atoms with Crippen molar-refractivity contribution in [2.24, 2.45) is 0 Å². The minimum Gasteiger partial charge on any atom is -0.379 e. The van der Waals surface area contributed by atoms with Gasteiger partial charge in [-0.3, -0.25) is 14.5 Å². The summed E-state index contributed by atoms with van der Waals surface area (Å²) in [5.41, 5.74) is 1.95. The topological polar surface area (TPSA) is 76.5 Å². The first-order chi connectivity index (χ1) is 15.5. The number of hydrogen-bond donors (Lipinski definition) is 1. The molecule has 1 unspecified atom stereocenters. The normalized spacial score (nSPS) is 15.3. The molecule has 7 nitrogen and oxygen atoms in total. The summed E-state index contributed by atoms with van der Waals surface area (Å²) in [5, 5.41) is 7.93. The first-order valence-electron chi connectivity index (χ1n) is 10.5. The predicted octanol–water partition coefficient (Wildman–Crippen LogP) is 3.00. The molecule has 1 aliphatic heterocycles. The summed E-state index contributed by atoms with van der Waals surface area (Å²) >= 11 is 6.06. The number of halogens is 1. The van der Waals surface area contributed by atoms with Crippen LogP contribution in [0.25, 0.3) is 5.69 Å². The Morgan fingerprint density at radius 2 is 1.81 bits per heavy atom. The third kappa shape index (κ3) is 5.07. The van der Waals surface area contributed by atoms with Gasteiger partial charge in [0.1, 0.15) is 0 Å². The number of carbonyl (C=O) groups is 1. The van der Waals surface area contributed by atoms with Crippen molar-refractivity contribution < 1.29 is 9.53 Å². The van der Waals surface area contributed by atoms with Crippen LogP contribution in [0.15, 0.2) is 65.5 Å². The summed E-state index contributed by atoms with van der Waals surface area (Å²) in [6.07, 6.45) is 0. The van der Waals surface area contributed by atoms with Crippen molar-refractivity contribution in [1.29, 1.82) is 0 Å². The van der Waals surface area contributed by atoms with Crippen LogP contribution in [0.1, 0.15) is 27.8 Å². The molecule has 0 aliphatic carbocycles. The highest BCUT2D eigenvalue weighted by Gasteiger charge is 2.24. The van der Waals surface area contributed by atoms with Crippen LogP contribution < -0.4 is 10.7 Å². The predicted molar refractivity (Wildman–Crippen MR) is 123 cm³/mol. The van der Waals surface area contributed by atoms with E-state index in [0.717, 1.165) is 24.3 Å². The minimum absolute atomic E-state index is 0.0677. The number of aryl methyl sites for hydroxylation is 1. The molecule has 1 aromatic heterocycles. The Kier molecular flexibility index (Phi) is 6.99. The van der Waals surface area contributed by atoms with Crippen LogP contribution in [0, 0.1) is 6.92 Å². The summed E-state index contributed by atoms with van der Waals surface area (Å²) in [5.74, 6) is -0.494. The van der Waals surface area contributed by atoms with Crippen LogP contribution >= 0.6 is 11.6 Å². The maximum Gasteiger partial charge on any atom is 0.275 e. The number of aromatic nitrogens is 2. The van der Waals surface area contributed by atoms with Crippen molar-refractivity contribution >= 4 is 17.5 Å². The molecular formula is C24H25ClN4O3. The molecule has 2 heterocycles. The van der Waals surface area contributed by atoms with Crippen LogP contribution in [0.2, 0.25) is 5.02 Å². The standard InChI is InChI=1S/C24H25ClN4O3/c1-17-15-22(30)23(27-29(17)20-5-3-2-4-6-20)24(31)26-16-21(28-11-13-32-14-12-28)18-7-9-19(25)10-8-18/h2-10,15,21H,11-14,16H2,1H3,(H,26,31). The molecule has 1 aliphatic rings. The van der Waals surface area contributed by atoms with Gasteiger partial charge < -0.3 is 10.1 Å². The van der Waals surface area contributed by atoms with E-state index < -0.39 is 11.3 Å². The van der Waals surface area contributed by atoms with Gasteiger partial charge >= 0.3 is 0 Å². The quantitative estimate of drug-likeness (QED) is 0.622. The lowest BCUT2D eigenvalue weighted by Crippen LogP contribution is -2.44. The second-order valence-corrected chi connectivity index (χ2v) is 8.11. The molecule has 1 fully saturated rings. The summed E-state index contributed by atoms with van der Waals surface area (Å²) in [6.45, 7) is 4.91. The highest BCUT2D eigenvalue weighted by molar-refractivity contribution is 6.30. The van der Waals surface area contributed by atoms with Gasteiger partial charge in [0.05, 0.1) is 24.9 Å². The van der Waals surface area contributed by atoms with Crippen LogP contribution in [-0.4, -0.2) is 53.4 Å². The molecule has 1 N–H and O–H groups in total. The summed E-state index contributed by atoms with van der Waals surface area (Å²) in [4.78, 5) is 27.8. The molecule has 166 valence electrons. The van der Waals surface area contributed by atoms with E-state index in [9.17, 15) is 9.59 Å². The van der Waals surface area contributed by atoms with Gasteiger partial charge in [-0.15, -0.1) is 0 Å². The van der Waals surface area contributed by atoms with E-state index >= 15 is 0 Å².